The third kappa shape index (κ3) is 39.3. The van der Waals surface area contributed by atoms with E-state index < -0.39 is 162 Å². The second kappa shape index (κ2) is 51.5. The lowest BCUT2D eigenvalue weighted by Crippen LogP contribution is -2.60. The monoisotopic (exact) mass is 1510 g/mol. The lowest BCUT2D eigenvalue weighted by Gasteiger charge is -2.29. The molecule has 45 nitrogen and oxygen atoms in total. The standard InChI is InChI=1S/C61H116N30O15/c1-32(82-48(98)37(16-8-26-77-58(68)69)87-54(104)41(21-22-43(64)93)90-55(105)42-20-12-30-91(42)56(106)45(65)33(2)92)46(96)83-38(17-9-27-78-59(70)71)51(101)88-40(19-11-29-80-61(74)75)53(103)89-39(18-10-28-79-60(72)73)52(102)86-36(14-4-6-24-63)50(100)85-35(13-3-5-23-62)49(99)84-34(15-7-25-76-57(66)67)47(97)81-31-44(94)95/h32-42,45,92H,3-31,62-63,65H2,1-2H3,(H2,64,93)(H,81,97)(H,82,98)(H,83,96)(H,84,99)(H,85,100)(H,86,102)(H,87,104)(H,88,101)(H,89,103)(H,90,105)(H,94,95)(H4,66,67,76)(H4,68,69,77)(H4,70,71,78)(H4,72,73,79)(H4,74,75,80)/t32-,33+,34-,35-,36-,37-,38-,39-,40-,41-,42-,45-/m0/s1. The van der Waals surface area contributed by atoms with Crippen LogP contribution in [0.5, 0.6) is 0 Å². The van der Waals surface area contributed by atoms with Gasteiger partial charge in [0.15, 0.2) is 29.8 Å². The van der Waals surface area contributed by atoms with Crippen molar-refractivity contribution in [3.63, 3.8) is 0 Å². The second-order valence-electron chi connectivity index (χ2n) is 25.1. The highest BCUT2D eigenvalue weighted by atomic mass is 16.4. The van der Waals surface area contributed by atoms with Crippen LogP contribution < -0.4 is 133 Å². The predicted octanol–water partition coefficient (Wildman–Crippen LogP) is -11.9. The summed E-state index contributed by atoms with van der Waals surface area (Å²) < 4.78 is 0. The topological polar surface area (TPSA) is 812 Å². The summed E-state index contributed by atoms with van der Waals surface area (Å²) in [6.45, 7) is 2.01. The smallest absolute Gasteiger partial charge is 0.322 e. The van der Waals surface area contributed by atoms with Crippen LogP contribution >= 0.6 is 0 Å². The van der Waals surface area contributed by atoms with E-state index in [9.17, 15) is 72.5 Å². The molecular formula is C61H116N30O15. The van der Waals surface area contributed by atoms with Crippen molar-refractivity contribution >= 4 is 107 Å². The molecule has 1 heterocycles. The summed E-state index contributed by atoms with van der Waals surface area (Å²) in [5.74, 6) is -13.7. The Hall–Kier alpha value is -10.7. The van der Waals surface area contributed by atoms with Gasteiger partial charge < -0.3 is 149 Å². The van der Waals surface area contributed by atoms with E-state index in [1.54, 1.807) is 0 Å². The molecule has 1 rings (SSSR count). The molecule has 12 atom stereocenters. The maximum Gasteiger partial charge on any atom is 0.322 e. The predicted molar refractivity (Wildman–Crippen MR) is 392 cm³/mol. The fourth-order valence-electron chi connectivity index (χ4n) is 10.5. The summed E-state index contributed by atoms with van der Waals surface area (Å²) in [5.41, 5.74) is 78.4. The molecule has 1 saturated heterocycles. The number of carbonyl (C=O) groups excluding carboxylic acids is 12. The van der Waals surface area contributed by atoms with Crippen LogP contribution in [-0.2, 0) is 62.3 Å². The summed E-state index contributed by atoms with van der Waals surface area (Å²) in [6.07, 6.45) is -0.994. The van der Waals surface area contributed by atoms with Gasteiger partial charge >= 0.3 is 5.97 Å². The Labute approximate surface area is 614 Å². The van der Waals surface area contributed by atoms with Gasteiger partial charge in [-0.15, -0.1) is 0 Å². The maximum atomic E-state index is 14.8. The molecule has 40 N–H and O–H groups in total. The van der Waals surface area contributed by atoms with Crippen molar-refractivity contribution in [3.05, 3.63) is 0 Å². The molecule has 1 aliphatic rings. The number of carboxylic acid groups (broad SMARTS) is 1. The van der Waals surface area contributed by atoms with Crippen molar-refractivity contribution in [2.24, 2.45) is 105 Å². The van der Waals surface area contributed by atoms with Gasteiger partial charge in [-0.25, -0.2) is 0 Å². The van der Waals surface area contributed by atoms with Gasteiger partial charge in [0.2, 0.25) is 70.9 Å². The minimum Gasteiger partial charge on any atom is -0.480 e. The van der Waals surface area contributed by atoms with Gasteiger partial charge in [0.1, 0.15) is 73.0 Å². The molecular weight excluding hydrogens is 1390 g/mol. The first-order chi connectivity index (χ1) is 50.0. The van der Waals surface area contributed by atoms with Gasteiger partial charge in [0.05, 0.1) is 6.10 Å². The van der Waals surface area contributed by atoms with E-state index in [0.29, 0.717) is 19.3 Å². The van der Waals surface area contributed by atoms with Crippen LogP contribution in [0.3, 0.4) is 0 Å². The number of hydrogen-bond donors (Lipinski definition) is 26. The number of primary amides is 1. The number of hydrogen-bond acceptors (Lipinski definition) is 22. The molecule has 0 unspecified atom stereocenters. The Kier molecular flexibility index (Phi) is 45.3. The van der Waals surface area contributed by atoms with E-state index in [-0.39, 0.29) is 185 Å². The van der Waals surface area contributed by atoms with Crippen LogP contribution in [0.25, 0.3) is 0 Å². The van der Waals surface area contributed by atoms with Gasteiger partial charge in [-0.1, -0.05) is 0 Å². The fraction of sp³-hybridized carbons (Fsp3) is 0.705. The highest BCUT2D eigenvalue weighted by Crippen LogP contribution is 2.20. The minimum atomic E-state index is -1.56. The van der Waals surface area contributed by atoms with Crippen LogP contribution in [0.4, 0.5) is 0 Å². The first-order valence-electron chi connectivity index (χ1n) is 35.0. The zero-order chi connectivity index (χ0) is 80.0. The van der Waals surface area contributed by atoms with Gasteiger partial charge in [0.25, 0.3) is 0 Å². The third-order valence-electron chi connectivity index (χ3n) is 16.2. The maximum absolute atomic E-state index is 14.8. The number of nitrogens with one attached hydrogen (secondary N) is 10. The SMILES string of the molecule is C[C@H](NC(=O)[C@H](CCCN=C(N)N)NC(=O)[C@H](CCC(N)=O)NC(=O)[C@@H]1CCCN1C(=O)[C@@H](N)[C@@H](C)O)C(=O)N[C@@H](CCCN=C(N)N)C(=O)N[C@@H](CCCN=C(N)N)C(=O)N[C@@H](CCCN=C(N)N)C(=O)N[C@@H](CCCCN)C(=O)N[C@@H](CCCCN)C(=O)N[C@@H](CCCN=C(N)N)C(=O)NCC(=O)O. The van der Waals surface area contributed by atoms with Crippen LogP contribution in [-0.4, -0.2) is 253 Å². The number of likely N-dealkylation sites (tertiary alicyclic amines) is 1. The molecule has 0 saturated carbocycles. The molecule has 0 spiro atoms. The molecule has 0 aliphatic carbocycles. The summed E-state index contributed by atoms with van der Waals surface area (Å²) in [7, 11) is 0. The normalized spacial score (nSPS) is 15.4. The number of aliphatic hydroxyl groups is 1. The van der Waals surface area contributed by atoms with Crippen LogP contribution in [0.15, 0.2) is 25.0 Å². The Morgan fingerprint density at radius 1 is 0.406 bits per heavy atom. The molecule has 106 heavy (non-hydrogen) atoms. The van der Waals surface area contributed by atoms with Crippen molar-refractivity contribution in [1.29, 1.82) is 0 Å². The van der Waals surface area contributed by atoms with E-state index in [2.05, 4.69) is 78.1 Å². The summed E-state index contributed by atoms with van der Waals surface area (Å²) in [6, 6.07) is -15.8. The van der Waals surface area contributed by atoms with Gasteiger partial charge in [-0.3, -0.25) is 87.3 Å². The van der Waals surface area contributed by atoms with Gasteiger partial charge in [0, 0.05) is 45.7 Å². The Balaban J connectivity index is 3.84. The summed E-state index contributed by atoms with van der Waals surface area (Å²) >= 11 is 0. The van der Waals surface area contributed by atoms with Crippen LogP contribution in [0, 0.1) is 0 Å². The lowest BCUT2D eigenvalue weighted by molar-refractivity contribution is -0.142. The molecule has 1 fully saturated rings. The quantitative estimate of drug-likeness (QED) is 0.0153. The Morgan fingerprint density at radius 2 is 0.698 bits per heavy atom. The van der Waals surface area contributed by atoms with Gasteiger partial charge in [-0.2, -0.15) is 0 Å². The van der Waals surface area contributed by atoms with Crippen LogP contribution in [0.2, 0.25) is 0 Å². The fourth-order valence-corrected chi connectivity index (χ4v) is 10.5. The number of unbranched alkanes of at least 4 members (excludes halogenated alkanes) is 2. The van der Waals surface area contributed by atoms with Crippen molar-refractivity contribution in [2.75, 3.05) is 58.9 Å². The number of amides is 12. The minimum absolute atomic E-state index is 0.0133. The number of rotatable bonds is 54. The molecule has 0 radical (unpaired) electrons. The summed E-state index contributed by atoms with van der Waals surface area (Å²) in [4.78, 5) is 200. The Bertz CT molecular complexity index is 3030. The zero-order valence-corrected chi connectivity index (χ0v) is 60.4. The average Bonchev–Trinajstić information content (AvgIpc) is 1.64. The lowest BCUT2D eigenvalue weighted by atomic mass is 10.0. The van der Waals surface area contributed by atoms with Crippen LogP contribution in [0.1, 0.15) is 142 Å². The van der Waals surface area contributed by atoms with E-state index >= 15 is 0 Å². The zero-order valence-electron chi connectivity index (χ0n) is 60.4. The average molecular weight is 1510 g/mol. The van der Waals surface area contributed by atoms with E-state index in [1.165, 1.54) is 18.7 Å². The Morgan fingerprint density at radius 3 is 0.991 bits per heavy atom. The first kappa shape index (κ1) is 93.3. The number of carboxylic acids is 1. The number of aliphatic imine (C=N–C) groups is 5. The number of nitrogens with zero attached hydrogens (tertiary/aromatic N) is 6. The van der Waals surface area contributed by atoms with E-state index in [4.69, 9.17) is 80.3 Å². The molecule has 45 heteroatoms. The number of aliphatic hydroxyl groups excluding tert-OH is 1. The molecule has 0 bridgehead atoms. The molecule has 0 aromatic heterocycles. The van der Waals surface area contributed by atoms with E-state index in [0.717, 1.165) is 0 Å². The van der Waals surface area contributed by atoms with Crippen molar-refractivity contribution in [2.45, 2.75) is 215 Å². The highest BCUT2D eigenvalue weighted by Gasteiger charge is 2.40. The van der Waals surface area contributed by atoms with Crippen molar-refractivity contribution in [3.8, 4) is 0 Å². The number of nitrogens with two attached hydrogens (primary N) is 14. The first-order valence-corrected chi connectivity index (χ1v) is 35.0. The molecule has 600 valence electrons. The van der Waals surface area contributed by atoms with E-state index in [1.807, 2.05) is 0 Å². The van der Waals surface area contributed by atoms with Crippen molar-refractivity contribution < 1.29 is 72.5 Å². The number of guanidine groups is 5. The molecule has 0 aromatic rings. The molecule has 0 aromatic carbocycles. The highest BCUT2D eigenvalue weighted by molar-refractivity contribution is 5.99. The number of carbonyl (C=O) groups is 13. The third-order valence-corrected chi connectivity index (χ3v) is 16.2. The molecule has 12 amide bonds. The van der Waals surface area contributed by atoms with Crippen molar-refractivity contribution in [1.82, 2.24) is 58.1 Å². The van der Waals surface area contributed by atoms with Gasteiger partial charge in [-0.05, 0) is 149 Å². The number of aliphatic carboxylic acids is 1. The molecule has 1 aliphatic heterocycles. The second-order valence-corrected chi connectivity index (χ2v) is 25.1. The largest absolute Gasteiger partial charge is 0.480 e. The summed E-state index contributed by atoms with van der Waals surface area (Å²) in [5, 5.41) is 44.8.